The molecule has 6 atom stereocenters. The predicted octanol–water partition coefficient (Wildman–Crippen LogP) is 9.51. The molecule has 52 heavy (non-hydrogen) atoms. The zero-order valence-corrected chi connectivity index (χ0v) is 32.1. The van der Waals surface area contributed by atoms with Crippen molar-refractivity contribution < 1.29 is 33.7 Å². The minimum Gasteiger partial charge on any atom is -0.489 e. The summed E-state index contributed by atoms with van der Waals surface area (Å²) in [6, 6.07) is 12.7. The van der Waals surface area contributed by atoms with Crippen LogP contribution < -0.4 is 9.47 Å². The number of aliphatic hydroxyl groups is 2. The number of unbranched alkanes of at least 4 members (excludes halogenated alkanes) is 2. The highest BCUT2D eigenvalue weighted by atomic mass is 32.2. The molecule has 0 saturated heterocycles. The van der Waals surface area contributed by atoms with Gasteiger partial charge in [-0.2, -0.15) is 0 Å². The summed E-state index contributed by atoms with van der Waals surface area (Å²) in [6.07, 6.45) is 14.8. The van der Waals surface area contributed by atoms with Crippen LogP contribution >= 0.6 is 11.8 Å². The van der Waals surface area contributed by atoms with E-state index in [0.717, 1.165) is 61.1 Å². The van der Waals surface area contributed by atoms with Crippen molar-refractivity contribution in [2.75, 3.05) is 19.8 Å². The highest BCUT2D eigenvalue weighted by Gasteiger charge is 2.64. The molecule has 7 nitrogen and oxygen atoms in total. The average molecular weight is 736 g/mol. The van der Waals surface area contributed by atoms with Crippen molar-refractivity contribution >= 4 is 17.5 Å². The monoisotopic (exact) mass is 735 g/mol. The van der Waals surface area contributed by atoms with Gasteiger partial charge in [0.1, 0.15) is 29.5 Å². The fourth-order valence-corrected chi connectivity index (χ4v) is 10.5. The van der Waals surface area contributed by atoms with Gasteiger partial charge in [-0.05, 0) is 101 Å². The SMILES string of the molecule is C=CCOC12Oc3ccc(OCc4ccccc4F)cc3C3C(CCCCO)C(CCCCO)C=C(C(=NOC(C)(C)C)CC1SC1CCCC1)C32. The number of nitrogens with zero attached hydrogens (tertiary/aromatic N) is 1. The Bertz CT molecular complexity index is 1570. The van der Waals surface area contributed by atoms with Gasteiger partial charge < -0.3 is 29.3 Å². The maximum Gasteiger partial charge on any atom is 0.230 e. The van der Waals surface area contributed by atoms with Gasteiger partial charge in [0.05, 0.1) is 23.5 Å². The van der Waals surface area contributed by atoms with E-state index in [9.17, 15) is 14.6 Å². The first-order valence-electron chi connectivity index (χ1n) is 19.5. The minimum atomic E-state index is -0.980. The third kappa shape index (κ3) is 8.75. The van der Waals surface area contributed by atoms with Crippen molar-refractivity contribution in [3.05, 3.63) is 83.7 Å². The quantitative estimate of drug-likeness (QED) is 0.0951. The van der Waals surface area contributed by atoms with E-state index < -0.39 is 11.4 Å². The van der Waals surface area contributed by atoms with E-state index >= 15 is 0 Å². The molecule has 0 aromatic heterocycles. The largest absolute Gasteiger partial charge is 0.489 e. The molecule has 2 fully saturated rings. The topological polar surface area (TPSA) is 89.7 Å². The van der Waals surface area contributed by atoms with Crippen LogP contribution in [0.2, 0.25) is 0 Å². The molecule has 1 heterocycles. The van der Waals surface area contributed by atoms with E-state index in [1.54, 1.807) is 12.1 Å². The molecule has 4 aliphatic rings. The van der Waals surface area contributed by atoms with Gasteiger partial charge in [-0.25, -0.2) is 4.39 Å². The van der Waals surface area contributed by atoms with Gasteiger partial charge in [0, 0.05) is 41.9 Å². The smallest absolute Gasteiger partial charge is 0.230 e. The summed E-state index contributed by atoms with van der Waals surface area (Å²) in [5.41, 5.74) is 3.18. The summed E-state index contributed by atoms with van der Waals surface area (Å²) in [5.74, 6) is 0.370. The summed E-state index contributed by atoms with van der Waals surface area (Å²) in [6.45, 7) is 10.9. The Hall–Kier alpha value is -2.85. The first kappa shape index (κ1) is 38.9. The first-order valence-corrected chi connectivity index (χ1v) is 20.4. The van der Waals surface area contributed by atoms with Crippen LogP contribution in [-0.4, -0.2) is 57.6 Å². The van der Waals surface area contributed by atoms with Crippen LogP contribution in [0.15, 0.2) is 71.9 Å². The Kier molecular flexibility index (Phi) is 13.1. The van der Waals surface area contributed by atoms with Crippen molar-refractivity contribution in [1.82, 2.24) is 0 Å². The molecule has 6 rings (SSSR count). The number of thioether (sulfide) groups is 1. The molecule has 0 amide bonds. The van der Waals surface area contributed by atoms with E-state index in [0.29, 0.717) is 29.6 Å². The van der Waals surface area contributed by atoms with Crippen LogP contribution in [0, 0.1) is 23.6 Å². The van der Waals surface area contributed by atoms with Gasteiger partial charge in [-0.1, -0.05) is 61.2 Å². The number of fused-ring (bicyclic) bond motifs is 2. The summed E-state index contributed by atoms with van der Waals surface area (Å²) in [5, 5.41) is 25.1. The lowest BCUT2D eigenvalue weighted by molar-refractivity contribution is -0.223. The zero-order valence-electron chi connectivity index (χ0n) is 31.2. The van der Waals surface area contributed by atoms with Crippen LogP contribution in [0.1, 0.15) is 108 Å². The second-order valence-corrected chi connectivity index (χ2v) is 17.4. The van der Waals surface area contributed by atoms with Gasteiger partial charge in [0.15, 0.2) is 0 Å². The lowest BCUT2D eigenvalue weighted by Gasteiger charge is -2.58. The maximum absolute atomic E-state index is 14.6. The molecule has 1 aliphatic heterocycles. The number of benzene rings is 2. The number of halogens is 1. The number of rotatable bonds is 17. The van der Waals surface area contributed by atoms with Crippen LogP contribution in [0.25, 0.3) is 0 Å². The van der Waals surface area contributed by atoms with Gasteiger partial charge in [-0.3, -0.25) is 0 Å². The molecule has 3 aliphatic carbocycles. The molecule has 2 N–H and O–H groups in total. The number of aliphatic hydroxyl groups excluding tert-OH is 2. The van der Waals surface area contributed by atoms with Crippen molar-refractivity contribution in [3.8, 4) is 11.5 Å². The molecular formula is C43H58FNO6S. The molecule has 0 radical (unpaired) electrons. The fraction of sp³-hybridized carbons (Fsp3) is 0.605. The van der Waals surface area contributed by atoms with E-state index in [1.807, 2.05) is 56.8 Å². The van der Waals surface area contributed by atoms with Gasteiger partial charge in [0.25, 0.3) is 0 Å². The lowest BCUT2D eigenvalue weighted by Crippen LogP contribution is -2.64. The third-order valence-electron chi connectivity index (χ3n) is 11.1. The van der Waals surface area contributed by atoms with Crippen molar-refractivity contribution in [1.29, 1.82) is 0 Å². The van der Waals surface area contributed by atoms with Crippen LogP contribution in [-0.2, 0) is 16.2 Å². The first-order chi connectivity index (χ1) is 25.2. The van der Waals surface area contributed by atoms with Crippen LogP contribution in [0.3, 0.4) is 0 Å². The number of hydrogen-bond acceptors (Lipinski definition) is 8. The van der Waals surface area contributed by atoms with Crippen LogP contribution in [0.4, 0.5) is 4.39 Å². The minimum absolute atomic E-state index is 0.0183. The molecule has 2 aromatic rings. The molecule has 6 unspecified atom stereocenters. The normalized spacial score (nSPS) is 27.8. The summed E-state index contributed by atoms with van der Waals surface area (Å²) in [7, 11) is 0. The molecule has 284 valence electrons. The Balaban J connectivity index is 1.52. The summed E-state index contributed by atoms with van der Waals surface area (Å²) in [4.78, 5) is 6.21. The molecular weight excluding hydrogens is 678 g/mol. The maximum atomic E-state index is 14.6. The van der Waals surface area contributed by atoms with Crippen molar-refractivity contribution in [2.45, 2.75) is 126 Å². The lowest BCUT2D eigenvalue weighted by atomic mass is 9.56. The number of hydrogen-bond donors (Lipinski definition) is 2. The van der Waals surface area contributed by atoms with E-state index in [4.69, 9.17) is 24.2 Å². The molecule has 0 spiro atoms. The highest BCUT2D eigenvalue weighted by Crippen LogP contribution is 2.63. The van der Waals surface area contributed by atoms with E-state index in [1.165, 1.54) is 31.7 Å². The van der Waals surface area contributed by atoms with Gasteiger partial charge in [-0.15, -0.1) is 18.3 Å². The Morgan fingerprint density at radius 2 is 1.79 bits per heavy atom. The van der Waals surface area contributed by atoms with Gasteiger partial charge >= 0.3 is 0 Å². The summed E-state index contributed by atoms with van der Waals surface area (Å²) >= 11 is 2.00. The molecule has 2 aromatic carbocycles. The zero-order chi connectivity index (χ0) is 36.7. The second kappa shape index (κ2) is 17.5. The molecule has 9 heteroatoms. The van der Waals surface area contributed by atoms with Gasteiger partial charge in [0.2, 0.25) is 5.79 Å². The highest BCUT2D eigenvalue weighted by molar-refractivity contribution is 8.00. The Morgan fingerprint density at radius 3 is 2.50 bits per heavy atom. The molecule has 0 bridgehead atoms. The number of allylic oxidation sites excluding steroid dienone is 1. The fourth-order valence-electron chi connectivity index (χ4n) is 8.76. The summed E-state index contributed by atoms with van der Waals surface area (Å²) < 4.78 is 35.2. The second-order valence-electron chi connectivity index (χ2n) is 15.9. The van der Waals surface area contributed by atoms with E-state index in [2.05, 4.69) is 18.7 Å². The van der Waals surface area contributed by atoms with Crippen molar-refractivity contribution in [3.63, 3.8) is 0 Å². The Morgan fingerprint density at radius 1 is 1.04 bits per heavy atom. The number of ether oxygens (including phenoxy) is 3. The molecule has 2 saturated carbocycles. The average Bonchev–Trinajstić information content (AvgIpc) is 3.64. The Labute approximate surface area is 314 Å². The number of oxime groups is 1. The van der Waals surface area contributed by atoms with E-state index in [-0.39, 0.29) is 54.6 Å². The standard InChI is InChI=1S/C43H58FNO6S/c1-5-24-49-43-39(52-32-16-7-8-17-32)27-37(45-51-42(2,3)4)34-25-29(14-10-12-22-46)33(18-11-13-23-47)40(41(34)43)35-26-31(20-21-38(35)50-43)48-28-30-15-6-9-19-36(30)44/h5-6,9,15,19-21,25-26,29,32-33,39-41,46-47H,1,7-8,10-14,16-18,22-24,27-28H2,2-4H3. The van der Waals surface area contributed by atoms with Crippen LogP contribution in [0.5, 0.6) is 11.5 Å². The predicted molar refractivity (Wildman–Crippen MR) is 206 cm³/mol. The van der Waals surface area contributed by atoms with Crippen molar-refractivity contribution in [2.24, 2.45) is 22.9 Å². The third-order valence-corrected chi connectivity index (χ3v) is 12.7.